The Bertz CT molecular complexity index is 1860. The van der Waals surface area contributed by atoms with Crippen molar-refractivity contribution in [3.8, 4) is 11.1 Å². The number of carbonyl (C=O) groups excluding carboxylic acids is 2. The van der Waals surface area contributed by atoms with E-state index in [0.29, 0.717) is 44.6 Å². The minimum absolute atomic E-state index is 0.00963. The summed E-state index contributed by atoms with van der Waals surface area (Å²) < 4.78 is 37.7. The summed E-state index contributed by atoms with van der Waals surface area (Å²) in [5, 5.41) is 35.3. The Kier molecular flexibility index (Phi) is 23.2. The van der Waals surface area contributed by atoms with E-state index in [1.54, 1.807) is 7.11 Å². The van der Waals surface area contributed by atoms with Gasteiger partial charge in [-0.2, -0.15) is 0 Å². The van der Waals surface area contributed by atoms with E-state index < -0.39 is 42.7 Å². The van der Waals surface area contributed by atoms with Crippen LogP contribution in [0, 0.1) is 36.5 Å². The molecule has 2 aromatic rings. The van der Waals surface area contributed by atoms with Crippen LogP contribution in [-0.4, -0.2) is 149 Å². The number of aromatic nitrogens is 1. The molecule has 398 valence electrons. The molecule has 0 radical (unpaired) electrons. The first-order chi connectivity index (χ1) is 32.9. The Balaban J connectivity index is 0.000000309. The van der Waals surface area contributed by atoms with Crippen LogP contribution in [0.1, 0.15) is 138 Å². The lowest BCUT2D eigenvalue weighted by Crippen LogP contribution is -2.48. The molecule has 70 heavy (non-hydrogen) atoms. The molecular weight excluding hydrogens is 892 g/mol. The molecule has 1 aliphatic carbocycles. The average molecular weight is 985 g/mol. The minimum Gasteiger partial charge on any atom is -0.462 e. The smallest absolute Gasteiger partial charge is 0.311 e. The quantitative estimate of drug-likeness (QED) is 0.142. The Morgan fingerprint density at radius 3 is 2.24 bits per heavy atom. The van der Waals surface area contributed by atoms with Gasteiger partial charge in [-0.1, -0.05) is 65.0 Å². The van der Waals surface area contributed by atoms with Crippen LogP contribution < -0.4 is 5.32 Å². The molecule has 3 heterocycles. The fraction of sp³-hybridized carbons (Fsp3) is 0.768. The fourth-order valence-electron chi connectivity index (χ4n) is 11.5. The van der Waals surface area contributed by atoms with E-state index in [-0.39, 0.29) is 72.0 Å². The highest BCUT2D eigenvalue weighted by Crippen LogP contribution is 2.39. The molecule has 5 rings (SSSR count). The second kappa shape index (κ2) is 27.3. The number of cyclic esters (lactones) is 1. The Labute approximate surface area is 421 Å². The number of methoxy groups -OCH3 is 1. The molecule has 2 saturated heterocycles. The second-order valence-electron chi connectivity index (χ2n) is 22.6. The predicted octanol–water partition coefficient (Wildman–Crippen LogP) is 8.32. The molecule has 0 spiro atoms. The van der Waals surface area contributed by atoms with Gasteiger partial charge < -0.3 is 49.4 Å². The van der Waals surface area contributed by atoms with Gasteiger partial charge in [-0.15, -0.1) is 0 Å². The number of alkyl halides is 1. The van der Waals surface area contributed by atoms with Gasteiger partial charge in [0, 0.05) is 74.9 Å². The van der Waals surface area contributed by atoms with E-state index in [0.717, 1.165) is 54.6 Å². The molecule has 3 aliphatic rings. The standard InChI is InChI=1S/C31H59NO6.C25H34FN3O3/c1-12-26-22(5)27(33)24(7)32(10)18-20(3)14-30(8,35)16-21(4)28(23(6)29(34)38-26)37-25-13-19(2)15-31(9,17-25)36-11;1-17-4-7-21(16-27-17)20-8-5-19(6-9-20)13-22(15-26)28-24(30)10-11-29(3)23-12-18(2)32-25(31)14-23/h19-28,33,35H,12-18H2,1-11H3;4-9,16,18,22-23,25,31H,10-15H2,1-3H3,(H,28,30)/t19?,20-,21-,22+,23-,24?,25-,26-,27?,28+,30-,31+;/m1./s1. The van der Waals surface area contributed by atoms with E-state index in [9.17, 15) is 29.3 Å². The number of likely N-dealkylation sites (N-methyl/N-ethyl adjacent to an activating group) is 1. The number of aliphatic hydroxyl groups excluding tert-OH is 2. The van der Waals surface area contributed by atoms with Crippen LogP contribution in [-0.2, 0) is 35.0 Å². The van der Waals surface area contributed by atoms with Gasteiger partial charge in [0.2, 0.25) is 5.91 Å². The van der Waals surface area contributed by atoms with E-state index in [1.165, 1.54) is 0 Å². The average Bonchev–Trinajstić information content (AvgIpc) is 3.29. The Hall–Kier alpha value is -3.08. The number of aryl methyl sites for hydroxylation is 1. The molecule has 1 amide bonds. The zero-order valence-electron chi connectivity index (χ0n) is 45.3. The minimum atomic E-state index is -0.910. The molecule has 1 saturated carbocycles. The van der Waals surface area contributed by atoms with Gasteiger partial charge in [0.05, 0.1) is 47.6 Å². The first-order valence-corrected chi connectivity index (χ1v) is 26.3. The van der Waals surface area contributed by atoms with Gasteiger partial charge >= 0.3 is 5.97 Å². The monoisotopic (exact) mass is 985 g/mol. The number of ether oxygens (including phenoxy) is 4. The van der Waals surface area contributed by atoms with Gasteiger partial charge in [0.1, 0.15) is 12.8 Å². The van der Waals surface area contributed by atoms with Crippen LogP contribution in [0.25, 0.3) is 11.1 Å². The maximum atomic E-state index is 13.6. The summed E-state index contributed by atoms with van der Waals surface area (Å²) in [6.07, 6.45) is 6.15. The second-order valence-corrected chi connectivity index (χ2v) is 22.6. The van der Waals surface area contributed by atoms with Crippen molar-refractivity contribution in [3.05, 3.63) is 53.9 Å². The third kappa shape index (κ3) is 18.1. The molecular formula is C56H93FN4O9. The number of hydrogen-bond donors (Lipinski definition) is 4. The molecule has 16 atom stereocenters. The predicted molar refractivity (Wildman–Crippen MR) is 275 cm³/mol. The normalized spacial score (nSPS) is 35.6. The number of halogens is 1. The first kappa shape index (κ1) is 59.5. The topological polar surface area (TPSA) is 163 Å². The van der Waals surface area contributed by atoms with Gasteiger partial charge in [-0.3, -0.25) is 14.6 Å². The summed E-state index contributed by atoms with van der Waals surface area (Å²) in [5.41, 5.74) is 2.87. The lowest BCUT2D eigenvalue weighted by molar-refractivity contribution is -0.176. The van der Waals surface area contributed by atoms with Crippen molar-refractivity contribution in [1.29, 1.82) is 0 Å². The summed E-state index contributed by atoms with van der Waals surface area (Å²) in [6, 6.07) is 11.4. The Morgan fingerprint density at radius 1 is 0.971 bits per heavy atom. The maximum Gasteiger partial charge on any atom is 0.311 e. The molecule has 4 N–H and O–H groups in total. The molecule has 1 aromatic heterocycles. The van der Waals surface area contributed by atoms with E-state index in [4.69, 9.17) is 18.9 Å². The third-order valence-corrected chi connectivity index (χ3v) is 15.5. The highest BCUT2D eigenvalue weighted by atomic mass is 19.1. The first-order valence-electron chi connectivity index (χ1n) is 26.3. The number of rotatable bonds is 13. The highest BCUT2D eigenvalue weighted by Gasteiger charge is 2.43. The number of carbonyl (C=O) groups is 2. The van der Waals surface area contributed by atoms with Crippen molar-refractivity contribution >= 4 is 11.9 Å². The number of hydrogen-bond acceptors (Lipinski definition) is 12. The number of nitrogens with zero attached hydrogens (tertiary/aromatic N) is 3. The largest absolute Gasteiger partial charge is 0.462 e. The fourth-order valence-corrected chi connectivity index (χ4v) is 11.5. The number of aliphatic hydroxyl groups is 3. The Morgan fingerprint density at radius 2 is 1.64 bits per heavy atom. The lowest BCUT2D eigenvalue weighted by atomic mass is 9.77. The van der Waals surface area contributed by atoms with Crippen LogP contribution >= 0.6 is 0 Å². The van der Waals surface area contributed by atoms with Crippen molar-refractivity contribution < 1.29 is 48.2 Å². The lowest BCUT2D eigenvalue weighted by Gasteiger charge is -2.43. The number of benzene rings is 1. The van der Waals surface area contributed by atoms with Gasteiger partial charge in [0.25, 0.3) is 0 Å². The number of amides is 1. The number of esters is 1. The van der Waals surface area contributed by atoms with Crippen molar-refractivity contribution in [3.63, 3.8) is 0 Å². The molecule has 14 heteroatoms. The maximum absolute atomic E-state index is 13.6. The van der Waals surface area contributed by atoms with E-state index >= 15 is 0 Å². The van der Waals surface area contributed by atoms with Crippen LogP contribution in [0.15, 0.2) is 42.6 Å². The molecule has 2 aliphatic heterocycles. The summed E-state index contributed by atoms with van der Waals surface area (Å²) in [5.74, 6) is -0.555. The molecule has 3 fully saturated rings. The highest BCUT2D eigenvalue weighted by molar-refractivity contribution is 5.76. The molecule has 7 unspecified atom stereocenters. The van der Waals surface area contributed by atoms with Crippen molar-refractivity contribution in [2.75, 3.05) is 41.0 Å². The van der Waals surface area contributed by atoms with Crippen LogP contribution in [0.5, 0.6) is 0 Å². The van der Waals surface area contributed by atoms with Crippen LogP contribution in [0.4, 0.5) is 4.39 Å². The summed E-state index contributed by atoms with van der Waals surface area (Å²) in [6.45, 7) is 23.0. The summed E-state index contributed by atoms with van der Waals surface area (Å²) in [4.78, 5) is 34.5. The van der Waals surface area contributed by atoms with Crippen molar-refractivity contribution in [2.45, 2.75) is 207 Å². The SMILES string of the molecule is CC[C@H]1OC(=O)[C@H](C)[C@@H](O[C@@H]2CC(C)C[C@](C)(OC)C2)[C@H](C)C[C@](C)(O)C[C@@H](C)CN(C)C(C)C(O)[C@H]1C.Cc1ccc(-c2ccc(CC(CF)NC(=O)CCN(C)C3CC(C)OC(O)C3)cc2)cn1. The number of pyridine rings is 1. The molecule has 13 nitrogen and oxygen atoms in total. The molecule has 0 bridgehead atoms. The zero-order valence-corrected chi connectivity index (χ0v) is 45.3. The molecule has 1 aromatic carbocycles. The summed E-state index contributed by atoms with van der Waals surface area (Å²) in [7, 11) is 5.73. The van der Waals surface area contributed by atoms with Crippen molar-refractivity contribution in [2.24, 2.45) is 29.6 Å². The summed E-state index contributed by atoms with van der Waals surface area (Å²) >= 11 is 0. The van der Waals surface area contributed by atoms with E-state index in [1.807, 2.05) is 105 Å². The van der Waals surface area contributed by atoms with Crippen LogP contribution in [0.3, 0.4) is 0 Å². The van der Waals surface area contributed by atoms with Gasteiger partial charge in [0.15, 0.2) is 6.29 Å². The van der Waals surface area contributed by atoms with Gasteiger partial charge in [-0.25, -0.2) is 4.39 Å². The van der Waals surface area contributed by atoms with Crippen molar-refractivity contribution in [1.82, 2.24) is 20.1 Å². The number of nitrogens with one attached hydrogen (secondary N) is 1. The van der Waals surface area contributed by atoms with Gasteiger partial charge in [-0.05, 0) is 136 Å². The zero-order chi connectivity index (χ0) is 52.1. The third-order valence-electron chi connectivity index (χ3n) is 15.5. The van der Waals surface area contributed by atoms with E-state index in [2.05, 4.69) is 47.8 Å². The van der Waals surface area contributed by atoms with Crippen LogP contribution in [0.2, 0.25) is 0 Å².